The third-order valence-corrected chi connectivity index (χ3v) is 4.75. The van der Waals surface area contributed by atoms with Gasteiger partial charge in [0.05, 0.1) is 25.3 Å². The van der Waals surface area contributed by atoms with E-state index >= 15 is 0 Å². The summed E-state index contributed by atoms with van der Waals surface area (Å²) in [6.45, 7) is 0.166. The summed E-state index contributed by atoms with van der Waals surface area (Å²) in [5.41, 5.74) is 0.216. The van der Waals surface area contributed by atoms with Crippen LogP contribution in [0, 0.1) is 0 Å². The predicted molar refractivity (Wildman–Crippen MR) is 106 cm³/mol. The number of fused-ring (bicyclic) bond motifs is 1. The van der Waals surface area contributed by atoms with Crippen molar-refractivity contribution in [3.63, 3.8) is 0 Å². The molecular formula is C20H18N4O5. The highest BCUT2D eigenvalue weighted by atomic mass is 16.5. The van der Waals surface area contributed by atoms with E-state index in [9.17, 15) is 19.5 Å². The first-order valence-electron chi connectivity index (χ1n) is 8.83. The third kappa shape index (κ3) is 3.33. The fraction of sp³-hybridized carbons (Fsp3) is 0.150. The quantitative estimate of drug-likeness (QED) is 0.534. The van der Waals surface area contributed by atoms with Crippen LogP contribution in [0.15, 0.2) is 58.1 Å². The molecule has 2 aromatic carbocycles. The van der Waals surface area contributed by atoms with Crippen LogP contribution < -0.4 is 26.6 Å². The second-order valence-electron chi connectivity index (χ2n) is 6.56. The van der Waals surface area contributed by atoms with Crippen molar-refractivity contribution in [2.24, 2.45) is 0 Å². The third-order valence-electron chi connectivity index (χ3n) is 4.75. The summed E-state index contributed by atoms with van der Waals surface area (Å²) in [6.07, 6.45) is 0. The standard InChI is InChI=1S/C20H18N4O5/c1-29-14-8-7-12(9-13(14)25)16-15-17(22-19(27)21-16)24(20(28)23-18(15)26)10-11-5-3-2-4-6-11/h2-9,16,25H,10H2,1H3,(H2,21,22,27)(H,23,26,28). The molecule has 0 bridgehead atoms. The molecule has 4 rings (SSSR count). The van der Waals surface area contributed by atoms with Crippen LogP contribution in [0.25, 0.3) is 0 Å². The Morgan fingerprint density at radius 1 is 1.10 bits per heavy atom. The number of aromatic amines is 1. The van der Waals surface area contributed by atoms with Crippen LogP contribution in [0.1, 0.15) is 22.7 Å². The number of benzene rings is 2. The SMILES string of the molecule is COc1ccc(C2NC(=O)Nc3c2c(=O)[nH]c(=O)n3Cc2ccccc2)cc1O. The highest BCUT2D eigenvalue weighted by molar-refractivity contribution is 5.92. The molecule has 9 nitrogen and oxygen atoms in total. The molecule has 2 heterocycles. The zero-order chi connectivity index (χ0) is 20.5. The van der Waals surface area contributed by atoms with Gasteiger partial charge in [-0.2, -0.15) is 0 Å². The Hall–Kier alpha value is -4.01. The molecule has 3 aromatic rings. The molecule has 148 valence electrons. The van der Waals surface area contributed by atoms with Gasteiger partial charge in [-0.15, -0.1) is 0 Å². The number of H-pyrrole nitrogens is 1. The van der Waals surface area contributed by atoms with Crippen molar-refractivity contribution in [3.8, 4) is 11.5 Å². The van der Waals surface area contributed by atoms with Gasteiger partial charge in [0.2, 0.25) is 0 Å². The van der Waals surface area contributed by atoms with Gasteiger partial charge in [-0.05, 0) is 23.3 Å². The number of aromatic hydroxyl groups is 1. The van der Waals surface area contributed by atoms with E-state index in [1.165, 1.54) is 23.8 Å². The summed E-state index contributed by atoms with van der Waals surface area (Å²) in [6, 6.07) is 12.3. The predicted octanol–water partition coefficient (Wildman–Crippen LogP) is 1.52. The Bertz CT molecular complexity index is 1200. The number of ether oxygens (including phenoxy) is 1. The van der Waals surface area contributed by atoms with Crippen LogP contribution in [0.4, 0.5) is 10.6 Å². The lowest BCUT2D eigenvalue weighted by atomic mass is 9.98. The first kappa shape index (κ1) is 18.4. The molecule has 0 aliphatic carbocycles. The number of rotatable bonds is 4. The summed E-state index contributed by atoms with van der Waals surface area (Å²) >= 11 is 0. The maximum atomic E-state index is 12.6. The highest BCUT2D eigenvalue weighted by Gasteiger charge is 2.32. The lowest BCUT2D eigenvalue weighted by Crippen LogP contribution is -2.46. The Balaban J connectivity index is 1.87. The Kier molecular flexibility index (Phi) is 4.55. The zero-order valence-electron chi connectivity index (χ0n) is 15.4. The summed E-state index contributed by atoms with van der Waals surface area (Å²) in [7, 11) is 1.42. The first-order chi connectivity index (χ1) is 14.0. The summed E-state index contributed by atoms with van der Waals surface area (Å²) < 4.78 is 6.35. The number of phenols is 1. The molecule has 0 fully saturated rings. The van der Waals surface area contributed by atoms with Crippen molar-refractivity contribution in [2.45, 2.75) is 12.6 Å². The highest BCUT2D eigenvalue weighted by Crippen LogP contribution is 2.33. The fourth-order valence-corrected chi connectivity index (χ4v) is 3.39. The fourth-order valence-electron chi connectivity index (χ4n) is 3.39. The molecule has 4 N–H and O–H groups in total. The molecule has 2 amide bonds. The van der Waals surface area contributed by atoms with Gasteiger partial charge in [-0.3, -0.25) is 19.7 Å². The monoisotopic (exact) mass is 394 g/mol. The Labute approximate surface area is 164 Å². The van der Waals surface area contributed by atoms with Crippen molar-refractivity contribution in [1.82, 2.24) is 14.9 Å². The second-order valence-corrected chi connectivity index (χ2v) is 6.56. The summed E-state index contributed by atoms with van der Waals surface area (Å²) in [4.78, 5) is 39.7. The maximum Gasteiger partial charge on any atom is 0.330 e. The van der Waals surface area contributed by atoms with Gasteiger partial charge in [-0.25, -0.2) is 9.59 Å². The molecule has 0 saturated heterocycles. The smallest absolute Gasteiger partial charge is 0.330 e. The zero-order valence-corrected chi connectivity index (χ0v) is 15.4. The van der Waals surface area contributed by atoms with Gasteiger partial charge in [-0.1, -0.05) is 36.4 Å². The number of carbonyl (C=O) groups excluding carboxylic acids is 1. The van der Waals surface area contributed by atoms with Crippen LogP contribution in [-0.2, 0) is 6.54 Å². The van der Waals surface area contributed by atoms with Gasteiger partial charge < -0.3 is 15.2 Å². The van der Waals surface area contributed by atoms with Crippen LogP contribution in [0.3, 0.4) is 0 Å². The van der Waals surface area contributed by atoms with E-state index in [0.717, 1.165) is 5.56 Å². The van der Waals surface area contributed by atoms with Crippen molar-refractivity contribution in [2.75, 3.05) is 12.4 Å². The molecule has 9 heteroatoms. The molecular weight excluding hydrogens is 376 g/mol. The van der Waals surface area contributed by atoms with E-state index in [0.29, 0.717) is 5.56 Å². The lowest BCUT2D eigenvalue weighted by Gasteiger charge is -2.28. The number of hydrogen-bond donors (Lipinski definition) is 4. The van der Waals surface area contributed by atoms with Crippen molar-refractivity contribution in [1.29, 1.82) is 0 Å². The topological polar surface area (TPSA) is 125 Å². The van der Waals surface area contributed by atoms with Crippen molar-refractivity contribution in [3.05, 3.63) is 86.1 Å². The van der Waals surface area contributed by atoms with Crippen molar-refractivity contribution < 1.29 is 14.6 Å². The van der Waals surface area contributed by atoms with Gasteiger partial charge in [0, 0.05) is 0 Å². The number of nitrogens with zero attached hydrogens (tertiary/aromatic N) is 1. The normalized spacial score (nSPS) is 15.2. The summed E-state index contributed by atoms with van der Waals surface area (Å²) in [5, 5.41) is 15.3. The van der Waals surface area contributed by atoms with Crippen molar-refractivity contribution >= 4 is 11.8 Å². The molecule has 0 saturated carbocycles. The lowest BCUT2D eigenvalue weighted by molar-refractivity contribution is 0.248. The first-order valence-corrected chi connectivity index (χ1v) is 8.83. The van der Waals surface area contributed by atoms with E-state index in [1.807, 2.05) is 30.3 Å². The number of amides is 2. The number of nitrogens with one attached hydrogen (secondary N) is 3. The van der Waals surface area contributed by atoms with Gasteiger partial charge >= 0.3 is 11.7 Å². The average Bonchev–Trinajstić information content (AvgIpc) is 2.71. The number of hydrogen-bond acceptors (Lipinski definition) is 5. The van der Waals surface area contributed by atoms with E-state index in [2.05, 4.69) is 15.6 Å². The minimum Gasteiger partial charge on any atom is -0.504 e. The molecule has 1 aliphatic rings. The van der Waals surface area contributed by atoms with Gasteiger partial charge in [0.15, 0.2) is 11.5 Å². The molecule has 1 aliphatic heterocycles. The van der Waals surface area contributed by atoms with Crippen LogP contribution >= 0.6 is 0 Å². The van der Waals surface area contributed by atoms with E-state index in [4.69, 9.17) is 4.74 Å². The van der Waals surface area contributed by atoms with E-state index in [-0.39, 0.29) is 29.4 Å². The van der Waals surface area contributed by atoms with Gasteiger partial charge in [0.1, 0.15) is 5.82 Å². The number of methoxy groups -OCH3 is 1. The molecule has 1 unspecified atom stereocenters. The van der Waals surface area contributed by atoms with Crippen LogP contribution in [0.5, 0.6) is 11.5 Å². The van der Waals surface area contributed by atoms with Crippen LogP contribution in [0.2, 0.25) is 0 Å². The Morgan fingerprint density at radius 3 is 2.55 bits per heavy atom. The minimum absolute atomic E-state index is 0.117. The van der Waals surface area contributed by atoms with E-state index in [1.54, 1.807) is 6.07 Å². The summed E-state index contributed by atoms with van der Waals surface area (Å²) in [5.74, 6) is 0.247. The average molecular weight is 394 g/mol. The number of anilines is 1. The van der Waals surface area contributed by atoms with E-state index < -0.39 is 23.3 Å². The number of aromatic nitrogens is 2. The number of phenolic OH excluding ortho intramolecular Hbond substituents is 1. The second kappa shape index (κ2) is 7.19. The van der Waals surface area contributed by atoms with Crippen LogP contribution in [-0.4, -0.2) is 27.8 Å². The largest absolute Gasteiger partial charge is 0.504 e. The number of carbonyl (C=O) groups is 1. The molecule has 1 aromatic heterocycles. The maximum absolute atomic E-state index is 12.6. The minimum atomic E-state index is -0.859. The molecule has 29 heavy (non-hydrogen) atoms. The van der Waals surface area contributed by atoms with Gasteiger partial charge in [0.25, 0.3) is 5.56 Å². The molecule has 0 radical (unpaired) electrons. The Morgan fingerprint density at radius 2 is 1.86 bits per heavy atom. The molecule has 0 spiro atoms. The number of urea groups is 1. The molecule has 1 atom stereocenters.